The number of halogens is 3. The highest BCUT2D eigenvalue weighted by molar-refractivity contribution is 5.97. The first kappa shape index (κ1) is 14.1. The molecule has 20 heavy (non-hydrogen) atoms. The lowest BCUT2D eigenvalue weighted by Crippen LogP contribution is -2.12. The van der Waals surface area contributed by atoms with Gasteiger partial charge in [0, 0.05) is 5.56 Å². The Hall–Kier alpha value is -2.31. The molecule has 0 atom stereocenters. The summed E-state index contributed by atoms with van der Waals surface area (Å²) in [6.45, 7) is 1.83. The lowest BCUT2D eigenvalue weighted by atomic mass is 10.0. The zero-order chi connectivity index (χ0) is 14.9. The van der Waals surface area contributed by atoms with Gasteiger partial charge in [0.25, 0.3) is 5.76 Å². The Morgan fingerprint density at radius 1 is 1.25 bits per heavy atom. The Morgan fingerprint density at radius 2 is 1.85 bits per heavy atom. The van der Waals surface area contributed by atoms with Crippen LogP contribution in [0.4, 0.5) is 13.2 Å². The van der Waals surface area contributed by atoms with Gasteiger partial charge < -0.3 is 9.26 Å². The van der Waals surface area contributed by atoms with Crippen molar-refractivity contribution in [2.45, 2.75) is 13.1 Å². The molecule has 0 aliphatic carbocycles. The number of esters is 1. The van der Waals surface area contributed by atoms with Gasteiger partial charge in [-0.3, -0.25) is 0 Å². The Morgan fingerprint density at radius 3 is 2.35 bits per heavy atom. The normalized spacial score (nSPS) is 11.4. The number of carbonyl (C=O) groups is 1. The molecule has 0 amide bonds. The summed E-state index contributed by atoms with van der Waals surface area (Å²) in [6.07, 6.45) is -4.82. The summed E-state index contributed by atoms with van der Waals surface area (Å²) in [5, 5.41) is 3.36. The van der Waals surface area contributed by atoms with Crippen molar-refractivity contribution in [3.63, 3.8) is 0 Å². The summed E-state index contributed by atoms with van der Waals surface area (Å²) in [6, 6.07) is 6.50. The fourth-order valence-electron chi connectivity index (χ4n) is 1.68. The average molecular weight is 285 g/mol. The van der Waals surface area contributed by atoms with E-state index in [9.17, 15) is 18.0 Å². The van der Waals surface area contributed by atoms with Crippen LogP contribution in [0.1, 0.15) is 21.7 Å². The van der Waals surface area contributed by atoms with Gasteiger partial charge in [-0.05, 0) is 6.92 Å². The van der Waals surface area contributed by atoms with E-state index in [1.807, 2.05) is 6.92 Å². The second-order valence-electron chi connectivity index (χ2n) is 4.09. The van der Waals surface area contributed by atoms with Gasteiger partial charge in [-0.15, -0.1) is 0 Å². The molecule has 0 N–H and O–H groups in total. The van der Waals surface area contributed by atoms with E-state index in [2.05, 4.69) is 14.4 Å². The number of benzene rings is 1. The van der Waals surface area contributed by atoms with Crippen molar-refractivity contribution < 1.29 is 27.2 Å². The number of nitrogens with zero attached hydrogens (tertiary/aromatic N) is 1. The third kappa shape index (κ3) is 2.52. The number of aryl methyl sites for hydroxylation is 1. The minimum atomic E-state index is -4.82. The highest BCUT2D eigenvalue weighted by Crippen LogP contribution is 2.37. The number of alkyl halides is 3. The molecule has 4 nitrogen and oxygen atoms in total. The van der Waals surface area contributed by atoms with Crippen molar-refractivity contribution in [1.82, 2.24) is 5.16 Å². The van der Waals surface area contributed by atoms with Crippen LogP contribution in [0.25, 0.3) is 11.3 Å². The monoisotopic (exact) mass is 285 g/mol. The molecule has 0 bridgehead atoms. The van der Waals surface area contributed by atoms with Crippen LogP contribution in [0.2, 0.25) is 0 Å². The van der Waals surface area contributed by atoms with Crippen molar-refractivity contribution in [3.8, 4) is 11.3 Å². The Kier molecular flexibility index (Phi) is 3.52. The number of carbonyl (C=O) groups excluding carboxylic acids is 1. The first-order valence-corrected chi connectivity index (χ1v) is 5.57. The zero-order valence-electron chi connectivity index (χ0n) is 10.6. The highest BCUT2D eigenvalue weighted by atomic mass is 19.4. The topological polar surface area (TPSA) is 52.3 Å². The molecule has 0 unspecified atom stereocenters. The second-order valence-corrected chi connectivity index (χ2v) is 4.09. The lowest BCUT2D eigenvalue weighted by molar-refractivity contribution is -0.156. The van der Waals surface area contributed by atoms with Crippen molar-refractivity contribution in [1.29, 1.82) is 0 Å². The molecule has 106 valence electrons. The van der Waals surface area contributed by atoms with Crippen LogP contribution in [-0.4, -0.2) is 18.2 Å². The van der Waals surface area contributed by atoms with Crippen molar-refractivity contribution in [3.05, 3.63) is 41.2 Å². The van der Waals surface area contributed by atoms with Crippen LogP contribution in [0.15, 0.2) is 28.8 Å². The summed E-state index contributed by atoms with van der Waals surface area (Å²) in [7, 11) is 0.994. The minimum Gasteiger partial charge on any atom is -0.465 e. The van der Waals surface area contributed by atoms with E-state index in [1.54, 1.807) is 24.3 Å². The first-order chi connectivity index (χ1) is 9.34. The van der Waals surface area contributed by atoms with Gasteiger partial charge in [0.15, 0.2) is 0 Å². The second kappa shape index (κ2) is 4.99. The minimum absolute atomic E-state index is 0.191. The molecular weight excluding hydrogens is 275 g/mol. The quantitative estimate of drug-likeness (QED) is 0.793. The maximum atomic E-state index is 12.8. The van der Waals surface area contributed by atoms with Gasteiger partial charge in [-0.2, -0.15) is 13.2 Å². The number of methoxy groups -OCH3 is 1. The number of aromatic nitrogens is 1. The largest absolute Gasteiger partial charge is 0.465 e. The van der Waals surface area contributed by atoms with Crippen LogP contribution < -0.4 is 0 Å². The first-order valence-electron chi connectivity index (χ1n) is 5.57. The summed E-state index contributed by atoms with van der Waals surface area (Å²) in [5.74, 6) is -2.60. The van der Waals surface area contributed by atoms with Gasteiger partial charge in [0.1, 0.15) is 11.3 Å². The molecule has 0 saturated heterocycles. The third-order valence-electron chi connectivity index (χ3n) is 2.66. The van der Waals surface area contributed by atoms with Crippen LogP contribution >= 0.6 is 0 Å². The van der Waals surface area contributed by atoms with E-state index in [-0.39, 0.29) is 5.69 Å². The van der Waals surface area contributed by atoms with E-state index in [4.69, 9.17) is 0 Å². The lowest BCUT2D eigenvalue weighted by Gasteiger charge is -2.05. The Labute approximate surface area is 112 Å². The molecular formula is C13H10F3NO3. The summed E-state index contributed by atoms with van der Waals surface area (Å²) < 4.78 is 47.1. The molecule has 0 radical (unpaired) electrons. The zero-order valence-corrected chi connectivity index (χ0v) is 10.6. The van der Waals surface area contributed by atoms with E-state index in [0.717, 1.165) is 12.7 Å². The summed E-state index contributed by atoms with van der Waals surface area (Å²) in [5.41, 5.74) is 0.358. The fraction of sp³-hybridized carbons (Fsp3) is 0.231. The van der Waals surface area contributed by atoms with Crippen molar-refractivity contribution in [2.24, 2.45) is 0 Å². The van der Waals surface area contributed by atoms with E-state index in [1.165, 1.54) is 0 Å². The molecule has 2 rings (SSSR count). The highest BCUT2D eigenvalue weighted by Gasteiger charge is 2.43. The molecule has 1 aromatic heterocycles. The molecule has 0 aliphatic rings. The molecule has 7 heteroatoms. The number of hydrogen-bond acceptors (Lipinski definition) is 4. The maximum Gasteiger partial charge on any atom is 0.453 e. The fourth-order valence-corrected chi connectivity index (χ4v) is 1.68. The molecule has 1 aromatic carbocycles. The van der Waals surface area contributed by atoms with Crippen LogP contribution in [-0.2, 0) is 10.9 Å². The Bertz CT molecular complexity index is 629. The maximum absolute atomic E-state index is 12.8. The number of ether oxygens (including phenoxy) is 1. The SMILES string of the molecule is COC(=O)c1c(-c2ccc(C)cc2)noc1C(F)(F)F. The van der Waals surface area contributed by atoms with E-state index >= 15 is 0 Å². The Balaban J connectivity index is 2.62. The van der Waals surface area contributed by atoms with Crippen LogP contribution in [0, 0.1) is 6.92 Å². The summed E-state index contributed by atoms with van der Waals surface area (Å²) in [4.78, 5) is 11.6. The standard InChI is InChI=1S/C13H10F3NO3/c1-7-3-5-8(6-4-7)10-9(12(18)19-2)11(20-17-10)13(14,15)16/h3-6H,1-2H3. The predicted octanol–water partition coefficient (Wildman–Crippen LogP) is 3.46. The smallest absolute Gasteiger partial charge is 0.453 e. The van der Waals surface area contributed by atoms with E-state index in [0.29, 0.717) is 5.56 Å². The summed E-state index contributed by atoms with van der Waals surface area (Å²) >= 11 is 0. The number of rotatable bonds is 2. The molecule has 0 spiro atoms. The van der Waals surface area contributed by atoms with Crippen LogP contribution in [0.3, 0.4) is 0 Å². The molecule has 1 heterocycles. The van der Waals surface area contributed by atoms with Crippen molar-refractivity contribution >= 4 is 5.97 Å². The third-order valence-corrected chi connectivity index (χ3v) is 2.66. The average Bonchev–Trinajstić information content (AvgIpc) is 2.83. The van der Waals surface area contributed by atoms with Gasteiger partial charge >= 0.3 is 12.1 Å². The molecule has 2 aromatic rings. The molecule has 0 aliphatic heterocycles. The van der Waals surface area contributed by atoms with Gasteiger partial charge in [-0.1, -0.05) is 35.0 Å². The van der Waals surface area contributed by atoms with Gasteiger partial charge in [-0.25, -0.2) is 4.79 Å². The van der Waals surface area contributed by atoms with Crippen LogP contribution in [0.5, 0.6) is 0 Å². The van der Waals surface area contributed by atoms with Gasteiger partial charge in [0.05, 0.1) is 7.11 Å². The molecule has 0 fully saturated rings. The van der Waals surface area contributed by atoms with E-state index < -0.39 is 23.5 Å². The van der Waals surface area contributed by atoms with Gasteiger partial charge in [0.2, 0.25) is 0 Å². The molecule has 0 saturated carbocycles. The predicted molar refractivity (Wildman–Crippen MR) is 63.0 cm³/mol. The van der Waals surface area contributed by atoms with Crippen molar-refractivity contribution in [2.75, 3.05) is 7.11 Å². The number of hydrogen-bond donors (Lipinski definition) is 0.